The Hall–Kier alpha value is -1.99. The summed E-state index contributed by atoms with van der Waals surface area (Å²) in [5.74, 6) is 0.774. The second-order valence-electron chi connectivity index (χ2n) is 4.34. The predicted molar refractivity (Wildman–Crippen MR) is 77.8 cm³/mol. The number of furan rings is 1. The molecule has 0 aliphatic heterocycles. The van der Waals surface area contributed by atoms with Gasteiger partial charge >= 0.3 is 0 Å². The largest absolute Gasteiger partial charge is 0.467 e. The van der Waals surface area contributed by atoms with Gasteiger partial charge in [-0.25, -0.2) is 13.1 Å². The molecule has 20 heavy (non-hydrogen) atoms. The molecular weight excluding hydrogens is 278 g/mol. The molecule has 2 aromatic rings. The molecule has 0 radical (unpaired) electrons. The number of hydrogen-bond acceptors (Lipinski definition) is 5. The van der Waals surface area contributed by atoms with Crippen molar-refractivity contribution in [3.05, 3.63) is 42.4 Å². The minimum absolute atomic E-state index is 0.0703. The third-order valence-electron chi connectivity index (χ3n) is 2.94. The number of nitrogen functional groups attached to an aromatic ring is 1. The van der Waals surface area contributed by atoms with Gasteiger partial charge < -0.3 is 15.5 Å². The monoisotopic (exact) mass is 295 g/mol. The first-order valence-electron chi connectivity index (χ1n) is 6.07. The van der Waals surface area contributed by atoms with Crippen LogP contribution in [-0.4, -0.2) is 15.5 Å². The fraction of sp³-hybridized carbons (Fsp3) is 0.231. The van der Waals surface area contributed by atoms with Crippen LogP contribution >= 0.6 is 0 Å². The summed E-state index contributed by atoms with van der Waals surface area (Å²) < 4.78 is 30.9. The minimum Gasteiger partial charge on any atom is -0.467 e. The van der Waals surface area contributed by atoms with Crippen molar-refractivity contribution < 1.29 is 12.8 Å². The van der Waals surface area contributed by atoms with E-state index in [9.17, 15) is 8.42 Å². The first kappa shape index (κ1) is 14.4. The molecule has 1 heterocycles. The van der Waals surface area contributed by atoms with Crippen molar-refractivity contribution >= 4 is 21.4 Å². The normalized spacial score (nSPS) is 13.1. The van der Waals surface area contributed by atoms with E-state index in [1.807, 2.05) is 13.0 Å². The summed E-state index contributed by atoms with van der Waals surface area (Å²) >= 11 is 0. The number of benzene rings is 1. The summed E-state index contributed by atoms with van der Waals surface area (Å²) in [6.45, 7) is 1.93. The van der Waals surface area contributed by atoms with Crippen molar-refractivity contribution in [3.63, 3.8) is 0 Å². The van der Waals surface area contributed by atoms with E-state index >= 15 is 0 Å². The lowest BCUT2D eigenvalue weighted by Gasteiger charge is -2.15. The van der Waals surface area contributed by atoms with E-state index in [0.29, 0.717) is 11.4 Å². The van der Waals surface area contributed by atoms with Crippen LogP contribution in [0.5, 0.6) is 0 Å². The van der Waals surface area contributed by atoms with Crippen molar-refractivity contribution in [1.82, 2.24) is 4.72 Å². The van der Waals surface area contributed by atoms with Crippen molar-refractivity contribution in [3.8, 4) is 0 Å². The maximum atomic E-state index is 11.7. The molecule has 4 N–H and O–H groups in total. The Labute approximate surface area is 118 Å². The number of nitrogens with two attached hydrogens (primary N) is 1. The Balaban J connectivity index is 2.23. The Morgan fingerprint density at radius 2 is 2.05 bits per heavy atom. The van der Waals surface area contributed by atoms with Crippen molar-refractivity contribution in [2.24, 2.45) is 0 Å². The molecule has 6 nitrogen and oxygen atoms in total. The fourth-order valence-corrected chi connectivity index (χ4v) is 2.56. The van der Waals surface area contributed by atoms with E-state index in [1.165, 1.54) is 19.2 Å². The van der Waals surface area contributed by atoms with E-state index in [4.69, 9.17) is 10.2 Å². The topological polar surface area (TPSA) is 97.4 Å². The molecule has 1 atom stereocenters. The average Bonchev–Trinajstić information content (AvgIpc) is 2.95. The van der Waals surface area contributed by atoms with E-state index in [-0.39, 0.29) is 10.9 Å². The van der Waals surface area contributed by atoms with Gasteiger partial charge in [0.15, 0.2) is 0 Å². The van der Waals surface area contributed by atoms with Gasteiger partial charge in [-0.2, -0.15) is 0 Å². The number of hydrogen-bond donors (Lipinski definition) is 3. The molecule has 2 rings (SSSR count). The zero-order chi connectivity index (χ0) is 14.8. The number of rotatable bonds is 5. The lowest BCUT2D eigenvalue weighted by molar-refractivity contribution is 0.490. The molecule has 1 aromatic heterocycles. The van der Waals surface area contributed by atoms with Crippen LogP contribution in [0.1, 0.15) is 18.7 Å². The van der Waals surface area contributed by atoms with Crippen LogP contribution in [-0.2, 0) is 10.0 Å². The average molecular weight is 295 g/mol. The summed E-state index contributed by atoms with van der Waals surface area (Å²) in [5, 5.41) is 3.18. The third-order valence-corrected chi connectivity index (χ3v) is 4.36. The second kappa shape index (κ2) is 5.56. The van der Waals surface area contributed by atoms with Crippen molar-refractivity contribution in [1.29, 1.82) is 0 Å². The number of sulfonamides is 1. The molecule has 0 fully saturated rings. The van der Waals surface area contributed by atoms with Crippen LogP contribution in [0.15, 0.2) is 45.9 Å². The first-order valence-corrected chi connectivity index (χ1v) is 7.55. The van der Waals surface area contributed by atoms with Crippen LogP contribution in [0, 0.1) is 0 Å². The van der Waals surface area contributed by atoms with Gasteiger partial charge in [-0.1, -0.05) is 0 Å². The lowest BCUT2D eigenvalue weighted by Crippen LogP contribution is -2.19. The Bertz CT molecular complexity index is 681. The number of nitrogens with one attached hydrogen (secondary N) is 2. The molecular formula is C13H17N3O3S. The van der Waals surface area contributed by atoms with Gasteiger partial charge in [0.25, 0.3) is 0 Å². The van der Waals surface area contributed by atoms with Crippen molar-refractivity contribution in [2.75, 3.05) is 18.1 Å². The molecule has 0 saturated heterocycles. The van der Waals surface area contributed by atoms with Crippen LogP contribution in [0.2, 0.25) is 0 Å². The van der Waals surface area contributed by atoms with Crippen LogP contribution in [0.4, 0.5) is 11.4 Å². The Morgan fingerprint density at radius 1 is 1.30 bits per heavy atom. The lowest BCUT2D eigenvalue weighted by atomic mass is 10.2. The predicted octanol–water partition coefficient (Wildman–Crippen LogP) is 1.94. The van der Waals surface area contributed by atoms with E-state index in [0.717, 1.165) is 5.76 Å². The number of anilines is 2. The molecule has 108 valence electrons. The van der Waals surface area contributed by atoms with E-state index < -0.39 is 10.0 Å². The summed E-state index contributed by atoms with van der Waals surface area (Å²) in [5.41, 5.74) is 6.91. The smallest absolute Gasteiger partial charge is 0.240 e. The highest BCUT2D eigenvalue weighted by Crippen LogP contribution is 2.26. The molecule has 0 aliphatic rings. The van der Waals surface area contributed by atoms with E-state index in [2.05, 4.69) is 10.0 Å². The molecule has 0 saturated carbocycles. The molecule has 1 aromatic carbocycles. The van der Waals surface area contributed by atoms with Gasteiger partial charge in [-0.15, -0.1) is 0 Å². The maximum absolute atomic E-state index is 11.7. The zero-order valence-electron chi connectivity index (χ0n) is 11.3. The fourth-order valence-electron chi connectivity index (χ4n) is 1.80. The van der Waals surface area contributed by atoms with Crippen LogP contribution < -0.4 is 15.8 Å². The highest BCUT2D eigenvalue weighted by atomic mass is 32.2. The van der Waals surface area contributed by atoms with Crippen LogP contribution in [0.3, 0.4) is 0 Å². The van der Waals surface area contributed by atoms with Gasteiger partial charge in [0, 0.05) is 0 Å². The zero-order valence-corrected chi connectivity index (χ0v) is 12.1. The minimum atomic E-state index is -3.49. The summed E-state index contributed by atoms with van der Waals surface area (Å²) in [7, 11) is -2.13. The molecule has 0 spiro atoms. The summed E-state index contributed by atoms with van der Waals surface area (Å²) in [4.78, 5) is 0.133. The SMILES string of the molecule is CNS(=O)(=O)c1ccc(NC(C)c2ccco2)c(N)c1. The molecule has 0 bridgehead atoms. The Morgan fingerprint density at radius 3 is 2.60 bits per heavy atom. The molecule has 0 amide bonds. The van der Waals surface area contributed by atoms with Gasteiger partial charge in [-0.3, -0.25) is 0 Å². The third kappa shape index (κ3) is 2.94. The van der Waals surface area contributed by atoms with Gasteiger partial charge in [0.1, 0.15) is 5.76 Å². The van der Waals surface area contributed by atoms with Crippen molar-refractivity contribution in [2.45, 2.75) is 17.9 Å². The molecule has 7 heteroatoms. The highest BCUT2D eigenvalue weighted by Gasteiger charge is 2.14. The van der Waals surface area contributed by atoms with E-state index in [1.54, 1.807) is 18.4 Å². The summed E-state index contributed by atoms with van der Waals surface area (Å²) in [6, 6.07) is 8.15. The van der Waals surface area contributed by atoms with Gasteiger partial charge in [-0.05, 0) is 44.3 Å². The van der Waals surface area contributed by atoms with Gasteiger partial charge in [0.05, 0.1) is 28.6 Å². The van der Waals surface area contributed by atoms with Crippen LogP contribution in [0.25, 0.3) is 0 Å². The quantitative estimate of drug-likeness (QED) is 0.732. The molecule has 0 aliphatic carbocycles. The van der Waals surface area contributed by atoms with Gasteiger partial charge in [0.2, 0.25) is 10.0 Å². The summed E-state index contributed by atoms with van der Waals surface area (Å²) in [6.07, 6.45) is 1.60. The first-order chi connectivity index (χ1) is 9.44. The highest BCUT2D eigenvalue weighted by molar-refractivity contribution is 7.89. The second-order valence-corrected chi connectivity index (χ2v) is 6.22. The Kier molecular flexibility index (Phi) is 4.01. The standard InChI is InChI=1S/C13H17N3O3S/c1-9(13-4-3-7-19-13)16-12-6-5-10(8-11(12)14)20(17,18)15-2/h3-9,15-16H,14H2,1-2H3. The molecule has 1 unspecified atom stereocenters. The maximum Gasteiger partial charge on any atom is 0.240 e.